The van der Waals surface area contributed by atoms with Crippen molar-refractivity contribution in [3.8, 4) is 0 Å². The summed E-state index contributed by atoms with van der Waals surface area (Å²) in [5, 5.41) is 1.03. The quantitative estimate of drug-likeness (QED) is 0.673. The number of fused-ring (bicyclic) bond motifs is 1. The molecule has 0 radical (unpaired) electrons. The van der Waals surface area contributed by atoms with E-state index in [9.17, 15) is 4.79 Å². The van der Waals surface area contributed by atoms with E-state index in [1.807, 2.05) is 18.3 Å². The lowest BCUT2D eigenvalue weighted by Crippen LogP contribution is -1.82. The van der Waals surface area contributed by atoms with Gasteiger partial charge in [0.05, 0.1) is 0 Å². The fourth-order valence-corrected chi connectivity index (χ4v) is 1.27. The van der Waals surface area contributed by atoms with Crippen LogP contribution in [0.5, 0.6) is 0 Å². The molecule has 0 unspecified atom stereocenters. The minimum atomic E-state index is 0.450. The molecule has 0 bridgehead atoms. The average Bonchev–Trinajstić information content (AvgIpc) is 2.50. The van der Waals surface area contributed by atoms with Gasteiger partial charge in [-0.05, 0) is 17.7 Å². The van der Waals surface area contributed by atoms with Crippen LogP contribution in [0.2, 0.25) is 0 Å². The molecule has 2 aromatic rings. The number of aromatic nitrogens is 2. The molecule has 1 N–H and O–H groups in total. The Bertz CT molecular complexity index is 406. The van der Waals surface area contributed by atoms with Crippen LogP contribution in [0, 0.1) is 0 Å². The lowest BCUT2D eigenvalue weighted by Gasteiger charge is -1.89. The lowest BCUT2D eigenvalue weighted by molar-refractivity contribution is -0.107. The summed E-state index contributed by atoms with van der Waals surface area (Å²) < 4.78 is 0. The highest BCUT2D eigenvalue weighted by atomic mass is 16.1. The third-order valence-electron chi connectivity index (χ3n) is 1.84. The fourth-order valence-electron chi connectivity index (χ4n) is 1.27. The van der Waals surface area contributed by atoms with E-state index >= 15 is 0 Å². The summed E-state index contributed by atoms with van der Waals surface area (Å²) in [4.78, 5) is 17.4. The van der Waals surface area contributed by atoms with Crippen molar-refractivity contribution in [2.24, 2.45) is 0 Å². The summed E-state index contributed by atoms with van der Waals surface area (Å²) in [7, 11) is 0. The highest BCUT2D eigenvalue weighted by Gasteiger charge is 2.01. The molecule has 0 saturated carbocycles. The molecule has 0 amide bonds. The van der Waals surface area contributed by atoms with Crippen LogP contribution in [0.15, 0.2) is 24.5 Å². The molecule has 0 spiro atoms. The van der Waals surface area contributed by atoms with Gasteiger partial charge in [0.2, 0.25) is 0 Å². The molecule has 12 heavy (non-hydrogen) atoms. The van der Waals surface area contributed by atoms with Crippen molar-refractivity contribution < 1.29 is 4.79 Å². The van der Waals surface area contributed by atoms with E-state index in [-0.39, 0.29) is 0 Å². The zero-order chi connectivity index (χ0) is 8.39. The first-order valence-corrected chi connectivity index (χ1v) is 3.76. The van der Waals surface area contributed by atoms with Crippen LogP contribution >= 0.6 is 0 Å². The molecule has 0 fully saturated rings. The minimum Gasteiger partial charge on any atom is -0.346 e. The largest absolute Gasteiger partial charge is 0.346 e. The number of H-pyrrole nitrogens is 1. The number of rotatable bonds is 2. The number of carbonyl (C=O) groups is 1. The Morgan fingerprint density at radius 2 is 2.50 bits per heavy atom. The third kappa shape index (κ3) is 0.993. The van der Waals surface area contributed by atoms with Gasteiger partial charge >= 0.3 is 0 Å². The summed E-state index contributed by atoms with van der Waals surface area (Å²) in [5.41, 5.74) is 1.85. The molecule has 2 rings (SSSR count). The van der Waals surface area contributed by atoms with Crippen molar-refractivity contribution in [2.75, 3.05) is 0 Å². The molecular weight excluding hydrogens is 152 g/mol. The van der Waals surface area contributed by atoms with Gasteiger partial charge < -0.3 is 9.78 Å². The van der Waals surface area contributed by atoms with Gasteiger partial charge in [-0.1, -0.05) is 0 Å². The Kier molecular flexibility index (Phi) is 1.63. The number of nitrogens with zero attached hydrogens (tertiary/aromatic N) is 1. The normalized spacial score (nSPS) is 10.3. The number of carbonyl (C=O) groups excluding carboxylic acids is 1. The van der Waals surface area contributed by atoms with E-state index in [2.05, 4.69) is 9.97 Å². The first-order valence-electron chi connectivity index (χ1n) is 3.76. The topological polar surface area (TPSA) is 45.8 Å². The van der Waals surface area contributed by atoms with Crippen LogP contribution in [0.1, 0.15) is 5.56 Å². The van der Waals surface area contributed by atoms with Gasteiger partial charge in [0.15, 0.2) is 0 Å². The molecule has 2 aromatic heterocycles. The number of pyridine rings is 1. The second-order valence-corrected chi connectivity index (χ2v) is 2.58. The maximum absolute atomic E-state index is 10.3. The Morgan fingerprint density at radius 3 is 3.33 bits per heavy atom. The second-order valence-electron chi connectivity index (χ2n) is 2.58. The maximum atomic E-state index is 10.3. The van der Waals surface area contributed by atoms with Crippen LogP contribution in [0.25, 0.3) is 11.0 Å². The van der Waals surface area contributed by atoms with E-state index < -0.39 is 0 Å². The molecule has 0 aliphatic rings. The van der Waals surface area contributed by atoms with E-state index in [0.29, 0.717) is 6.42 Å². The summed E-state index contributed by atoms with van der Waals surface area (Å²) in [6.07, 6.45) is 4.90. The van der Waals surface area contributed by atoms with Gasteiger partial charge in [-0.15, -0.1) is 0 Å². The third-order valence-corrected chi connectivity index (χ3v) is 1.84. The second kappa shape index (κ2) is 2.77. The average molecular weight is 160 g/mol. The van der Waals surface area contributed by atoms with Crippen LogP contribution in [0.4, 0.5) is 0 Å². The van der Waals surface area contributed by atoms with Crippen molar-refractivity contribution in [3.05, 3.63) is 30.1 Å². The number of aromatic amines is 1. The number of hydrogen-bond donors (Lipinski definition) is 1. The van der Waals surface area contributed by atoms with Crippen molar-refractivity contribution in [2.45, 2.75) is 6.42 Å². The van der Waals surface area contributed by atoms with Gasteiger partial charge in [0.1, 0.15) is 11.9 Å². The Balaban J connectivity index is 2.62. The van der Waals surface area contributed by atoms with Crippen LogP contribution in [0.3, 0.4) is 0 Å². The molecule has 0 aromatic carbocycles. The first kappa shape index (κ1) is 7.03. The highest BCUT2D eigenvalue weighted by Crippen LogP contribution is 2.14. The maximum Gasteiger partial charge on any atom is 0.137 e. The van der Waals surface area contributed by atoms with Crippen LogP contribution in [-0.2, 0) is 11.2 Å². The molecular formula is C9H8N2O. The number of aldehydes is 1. The SMILES string of the molecule is O=CCc1c[nH]c2ncccc12. The van der Waals surface area contributed by atoms with Gasteiger partial charge in [-0.2, -0.15) is 0 Å². The monoisotopic (exact) mass is 160 g/mol. The molecule has 3 nitrogen and oxygen atoms in total. The zero-order valence-electron chi connectivity index (χ0n) is 6.45. The van der Waals surface area contributed by atoms with Gasteiger partial charge in [0.25, 0.3) is 0 Å². The Hall–Kier alpha value is -1.64. The lowest BCUT2D eigenvalue weighted by atomic mass is 10.2. The number of hydrogen-bond acceptors (Lipinski definition) is 2. The van der Waals surface area contributed by atoms with Crippen LogP contribution < -0.4 is 0 Å². The van der Waals surface area contributed by atoms with Crippen molar-refractivity contribution in [1.82, 2.24) is 9.97 Å². The summed E-state index contributed by atoms with van der Waals surface area (Å²) in [6, 6.07) is 3.82. The van der Waals surface area contributed by atoms with E-state index in [0.717, 1.165) is 22.9 Å². The minimum absolute atomic E-state index is 0.450. The molecule has 3 heteroatoms. The molecule has 0 atom stereocenters. The predicted molar refractivity (Wildman–Crippen MR) is 45.9 cm³/mol. The van der Waals surface area contributed by atoms with E-state index in [1.165, 1.54) is 0 Å². The predicted octanol–water partition coefficient (Wildman–Crippen LogP) is 1.30. The number of nitrogens with one attached hydrogen (secondary N) is 1. The molecule has 0 aliphatic carbocycles. The van der Waals surface area contributed by atoms with Crippen LogP contribution in [-0.4, -0.2) is 16.3 Å². The highest BCUT2D eigenvalue weighted by molar-refractivity contribution is 5.81. The summed E-state index contributed by atoms with van der Waals surface area (Å²) in [6.45, 7) is 0. The Labute approximate surface area is 69.4 Å². The van der Waals surface area contributed by atoms with Gasteiger partial charge in [0, 0.05) is 24.2 Å². The van der Waals surface area contributed by atoms with Crippen molar-refractivity contribution in [3.63, 3.8) is 0 Å². The zero-order valence-corrected chi connectivity index (χ0v) is 6.45. The van der Waals surface area contributed by atoms with Gasteiger partial charge in [-0.25, -0.2) is 4.98 Å². The standard InChI is InChI=1S/C9H8N2O/c12-5-3-7-6-11-9-8(7)2-1-4-10-9/h1-2,4-6H,3H2,(H,10,11). The smallest absolute Gasteiger partial charge is 0.137 e. The molecule has 0 saturated heterocycles. The molecule has 2 heterocycles. The van der Waals surface area contributed by atoms with E-state index in [4.69, 9.17) is 0 Å². The summed E-state index contributed by atoms with van der Waals surface area (Å²) >= 11 is 0. The Morgan fingerprint density at radius 1 is 1.58 bits per heavy atom. The van der Waals surface area contributed by atoms with E-state index in [1.54, 1.807) is 6.20 Å². The molecule has 0 aliphatic heterocycles. The van der Waals surface area contributed by atoms with Crippen molar-refractivity contribution >= 4 is 17.3 Å². The summed E-state index contributed by atoms with van der Waals surface area (Å²) in [5.74, 6) is 0. The first-order chi connectivity index (χ1) is 5.92. The van der Waals surface area contributed by atoms with Gasteiger partial charge in [-0.3, -0.25) is 0 Å². The fraction of sp³-hybridized carbons (Fsp3) is 0.111. The molecule has 60 valence electrons. The van der Waals surface area contributed by atoms with Crippen molar-refractivity contribution in [1.29, 1.82) is 0 Å².